The molecule has 0 saturated carbocycles. The molecule has 0 N–H and O–H groups in total. The summed E-state index contributed by atoms with van der Waals surface area (Å²) in [6.07, 6.45) is 2.68. The lowest BCUT2D eigenvalue weighted by molar-refractivity contribution is -0.166. The molecule has 1 aliphatic rings. The van der Waals surface area contributed by atoms with Crippen LogP contribution >= 0.6 is 0 Å². The highest BCUT2D eigenvalue weighted by atomic mass is 16.6. The zero-order chi connectivity index (χ0) is 26.7. The molecule has 1 atom stereocenters. The summed E-state index contributed by atoms with van der Waals surface area (Å²) in [5.41, 5.74) is 3.33. The number of hydrogen-bond acceptors (Lipinski definition) is 8. The van der Waals surface area contributed by atoms with Gasteiger partial charge < -0.3 is 13.8 Å². The lowest BCUT2D eigenvalue weighted by Crippen LogP contribution is -2.51. The Hall–Kier alpha value is -3.00. The van der Waals surface area contributed by atoms with Crippen LogP contribution in [0, 0.1) is 17.8 Å². The molecule has 3 aromatic rings. The quantitative estimate of drug-likeness (QED) is 0.310. The first-order chi connectivity index (χ1) is 17.5. The van der Waals surface area contributed by atoms with Gasteiger partial charge in [-0.3, -0.25) is 9.69 Å². The Bertz CT molecular complexity index is 1180. The molecule has 0 aliphatic carbocycles. The van der Waals surface area contributed by atoms with Crippen molar-refractivity contribution in [2.24, 2.45) is 17.8 Å². The molecular formula is C29H40N4O4. The Kier molecular flexibility index (Phi) is 8.17. The summed E-state index contributed by atoms with van der Waals surface area (Å²) < 4.78 is 16.8. The average molecular weight is 509 g/mol. The number of aromatic nitrogens is 3. The Balaban J connectivity index is 1.39. The topological polar surface area (TPSA) is 94.5 Å². The lowest BCUT2D eigenvalue weighted by Gasteiger charge is -2.38. The van der Waals surface area contributed by atoms with Crippen molar-refractivity contribution in [3.05, 3.63) is 41.2 Å². The van der Waals surface area contributed by atoms with Crippen molar-refractivity contribution >= 4 is 5.97 Å². The molecule has 0 radical (unpaired) electrons. The van der Waals surface area contributed by atoms with Gasteiger partial charge in [0.05, 0.1) is 5.92 Å². The van der Waals surface area contributed by atoms with Crippen LogP contribution in [0.2, 0.25) is 0 Å². The van der Waals surface area contributed by atoms with Crippen LogP contribution in [0.4, 0.5) is 0 Å². The maximum Gasteiger partial charge on any atom is 0.312 e. The number of likely N-dealkylation sites (tertiary alicyclic amines) is 1. The molecule has 8 nitrogen and oxygen atoms in total. The fraction of sp³-hybridized carbons (Fsp3) is 0.586. The van der Waals surface area contributed by atoms with Gasteiger partial charge >= 0.3 is 5.97 Å². The van der Waals surface area contributed by atoms with E-state index in [1.165, 1.54) is 5.56 Å². The standard InChI is InChI=1S/C29H40N4O4/c1-8-9-23-24(14-19(4)18(2)3)36-31-25(23)27-30-26(32-37-27)21-12-10-20(11-13-21)15-33-16-22(17-33)28(34)35-29(5,6)7/h10-13,18-19,22H,8-9,14-17H2,1-7H3. The minimum absolute atomic E-state index is 0.0421. The van der Waals surface area contributed by atoms with E-state index < -0.39 is 5.60 Å². The third-order valence-corrected chi connectivity index (χ3v) is 6.96. The smallest absolute Gasteiger partial charge is 0.312 e. The summed E-state index contributed by atoms with van der Waals surface area (Å²) in [6, 6.07) is 8.13. The molecule has 1 aliphatic heterocycles. The van der Waals surface area contributed by atoms with Crippen LogP contribution in [0.5, 0.6) is 0 Å². The van der Waals surface area contributed by atoms with Crippen molar-refractivity contribution < 1.29 is 18.6 Å². The van der Waals surface area contributed by atoms with Crippen LogP contribution in [0.3, 0.4) is 0 Å². The Morgan fingerprint density at radius 2 is 1.81 bits per heavy atom. The highest BCUT2D eigenvalue weighted by molar-refractivity contribution is 5.74. The van der Waals surface area contributed by atoms with Crippen LogP contribution in [-0.2, 0) is 28.9 Å². The summed E-state index contributed by atoms with van der Waals surface area (Å²) in [6.45, 7) is 16.8. The van der Waals surface area contributed by atoms with Gasteiger partial charge in [0.25, 0.3) is 5.89 Å². The first kappa shape index (κ1) is 27.0. The Morgan fingerprint density at radius 3 is 2.43 bits per heavy atom. The zero-order valence-corrected chi connectivity index (χ0v) is 23.2. The summed E-state index contributed by atoms with van der Waals surface area (Å²) in [5.74, 6) is 2.74. The number of esters is 1. The van der Waals surface area contributed by atoms with E-state index >= 15 is 0 Å². The van der Waals surface area contributed by atoms with Gasteiger partial charge in [0, 0.05) is 37.2 Å². The third kappa shape index (κ3) is 6.66. The largest absolute Gasteiger partial charge is 0.460 e. The van der Waals surface area contributed by atoms with Crippen molar-refractivity contribution in [2.75, 3.05) is 13.1 Å². The van der Waals surface area contributed by atoms with E-state index in [9.17, 15) is 4.79 Å². The van der Waals surface area contributed by atoms with Gasteiger partial charge in [0.15, 0.2) is 5.69 Å². The maximum atomic E-state index is 12.2. The Labute approximate surface area is 219 Å². The molecule has 1 aromatic carbocycles. The van der Waals surface area contributed by atoms with Gasteiger partial charge in [-0.05, 0) is 44.6 Å². The minimum Gasteiger partial charge on any atom is -0.460 e. The van der Waals surface area contributed by atoms with E-state index in [2.05, 4.69) is 60.0 Å². The number of hydrogen-bond donors (Lipinski definition) is 0. The minimum atomic E-state index is -0.442. The molecule has 8 heteroatoms. The van der Waals surface area contributed by atoms with Gasteiger partial charge in [-0.1, -0.05) is 68.7 Å². The fourth-order valence-corrected chi connectivity index (χ4v) is 4.40. The van der Waals surface area contributed by atoms with Crippen LogP contribution in [-0.4, -0.2) is 44.9 Å². The molecule has 0 bridgehead atoms. The number of ether oxygens (including phenoxy) is 1. The normalized spacial score (nSPS) is 15.7. The molecule has 37 heavy (non-hydrogen) atoms. The van der Waals surface area contributed by atoms with E-state index in [1.54, 1.807) is 0 Å². The van der Waals surface area contributed by atoms with E-state index in [0.717, 1.165) is 55.8 Å². The van der Waals surface area contributed by atoms with Crippen LogP contribution in [0.25, 0.3) is 23.0 Å². The Morgan fingerprint density at radius 1 is 1.11 bits per heavy atom. The highest BCUT2D eigenvalue weighted by Crippen LogP contribution is 2.30. The van der Waals surface area contributed by atoms with Gasteiger partial charge in [0.1, 0.15) is 11.4 Å². The second-order valence-corrected chi connectivity index (χ2v) is 11.7. The first-order valence-electron chi connectivity index (χ1n) is 13.4. The average Bonchev–Trinajstić information content (AvgIpc) is 3.43. The van der Waals surface area contributed by atoms with Crippen molar-refractivity contribution in [1.29, 1.82) is 0 Å². The van der Waals surface area contributed by atoms with Crippen LogP contribution in [0.1, 0.15) is 71.8 Å². The van der Waals surface area contributed by atoms with E-state index in [1.807, 2.05) is 32.9 Å². The highest BCUT2D eigenvalue weighted by Gasteiger charge is 2.35. The number of benzene rings is 1. The van der Waals surface area contributed by atoms with Gasteiger partial charge in [0.2, 0.25) is 5.82 Å². The monoisotopic (exact) mass is 508 g/mol. The van der Waals surface area contributed by atoms with E-state index in [-0.39, 0.29) is 11.9 Å². The molecule has 2 aromatic heterocycles. The van der Waals surface area contributed by atoms with Crippen molar-refractivity contribution in [3.63, 3.8) is 0 Å². The van der Waals surface area contributed by atoms with Crippen LogP contribution in [0.15, 0.2) is 33.3 Å². The SMILES string of the molecule is CCCc1c(-c2nc(-c3ccc(CN4CC(C(=O)OC(C)(C)C)C4)cc3)no2)noc1CC(C)C(C)C. The molecule has 200 valence electrons. The molecule has 0 amide bonds. The van der Waals surface area contributed by atoms with E-state index in [0.29, 0.717) is 29.2 Å². The van der Waals surface area contributed by atoms with Crippen molar-refractivity contribution in [1.82, 2.24) is 20.2 Å². The first-order valence-corrected chi connectivity index (χ1v) is 13.4. The van der Waals surface area contributed by atoms with Crippen LogP contribution < -0.4 is 0 Å². The van der Waals surface area contributed by atoms with Crippen molar-refractivity contribution in [2.45, 2.75) is 79.9 Å². The summed E-state index contributed by atoms with van der Waals surface area (Å²) in [7, 11) is 0. The summed E-state index contributed by atoms with van der Waals surface area (Å²) in [5, 5.41) is 8.52. The maximum absolute atomic E-state index is 12.2. The second-order valence-electron chi connectivity index (χ2n) is 11.7. The molecule has 1 fully saturated rings. The number of carbonyl (C=O) groups excluding carboxylic acids is 1. The van der Waals surface area contributed by atoms with Gasteiger partial charge in [-0.15, -0.1) is 0 Å². The fourth-order valence-electron chi connectivity index (χ4n) is 4.40. The predicted octanol–water partition coefficient (Wildman–Crippen LogP) is 5.95. The number of carbonyl (C=O) groups is 1. The van der Waals surface area contributed by atoms with Gasteiger partial charge in [-0.2, -0.15) is 4.98 Å². The molecule has 0 spiro atoms. The predicted molar refractivity (Wildman–Crippen MR) is 142 cm³/mol. The summed E-state index contributed by atoms with van der Waals surface area (Å²) in [4.78, 5) is 19.1. The molecule has 3 heterocycles. The van der Waals surface area contributed by atoms with E-state index in [4.69, 9.17) is 13.8 Å². The lowest BCUT2D eigenvalue weighted by atomic mass is 9.91. The number of nitrogens with zero attached hydrogens (tertiary/aromatic N) is 4. The molecule has 1 saturated heterocycles. The second kappa shape index (κ2) is 11.2. The molecule has 1 unspecified atom stereocenters. The number of rotatable bonds is 10. The molecule has 4 rings (SSSR count). The summed E-state index contributed by atoms with van der Waals surface area (Å²) >= 11 is 0. The van der Waals surface area contributed by atoms with Gasteiger partial charge in [-0.25, -0.2) is 0 Å². The molecular weight excluding hydrogens is 468 g/mol. The zero-order valence-electron chi connectivity index (χ0n) is 23.2. The van der Waals surface area contributed by atoms with Crippen molar-refractivity contribution in [3.8, 4) is 23.0 Å². The third-order valence-electron chi connectivity index (χ3n) is 6.96.